The maximum Gasteiger partial charge on any atom is 0.206 e. The fourth-order valence-corrected chi connectivity index (χ4v) is 3.37. The van der Waals surface area contributed by atoms with E-state index in [9.17, 15) is 0 Å². The summed E-state index contributed by atoms with van der Waals surface area (Å²) in [6.45, 7) is 8.45. The number of pyridine rings is 1. The lowest BCUT2D eigenvalue weighted by Gasteiger charge is -2.10. The summed E-state index contributed by atoms with van der Waals surface area (Å²) in [5, 5.41) is 6.91. The SMILES string of the molecule is C=C(C)CN=c1scc(-c2ccccc2OC)n1N=C(C)c1ccncc1. The van der Waals surface area contributed by atoms with E-state index in [1.807, 2.05) is 54.9 Å². The molecule has 1 aromatic carbocycles. The van der Waals surface area contributed by atoms with E-state index < -0.39 is 0 Å². The second-order valence-electron chi connectivity index (χ2n) is 6.11. The van der Waals surface area contributed by atoms with Crippen LogP contribution < -0.4 is 9.54 Å². The van der Waals surface area contributed by atoms with Gasteiger partial charge >= 0.3 is 0 Å². The second-order valence-corrected chi connectivity index (χ2v) is 6.95. The minimum atomic E-state index is 0.565. The number of hydrogen-bond acceptors (Lipinski definition) is 5. The van der Waals surface area contributed by atoms with Crippen molar-refractivity contribution in [3.8, 4) is 17.0 Å². The summed E-state index contributed by atoms with van der Waals surface area (Å²) in [5.41, 5.74) is 4.80. The first-order valence-corrected chi connectivity index (χ1v) is 9.43. The van der Waals surface area contributed by atoms with Crippen LogP contribution in [0.15, 0.2) is 76.4 Å². The number of hydrogen-bond donors (Lipinski definition) is 0. The first-order valence-electron chi connectivity index (χ1n) is 8.55. The number of rotatable bonds is 6. The van der Waals surface area contributed by atoms with Gasteiger partial charge in [0.25, 0.3) is 0 Å². The highest BCUT2D eigenvalue weighted by Gasteiger charge is 2.12. The molecule has 2 heterocycles. The van der Waals surface area contributed by atoms with Crippen molar-refractivity contribution in [2.24, 2.45) is 10.1 Å². The van der Waals surface area contributed by atoms with Gasteiger partial charge in [0.1, 0.15) is 5.75 Å². The highest BCUT2D eigenvalue weighted by molar-refractivity contribution is 7.07. The first-order chi connectivity index (χ1) is 13.1. The second kappa shape index (κ2) is 8.60. The lowest BCUT2D eigenvalue weighted by molar-refractivity contribution is 0.416. The van der Waals surface area contributed by atoms with E-state index >= 15 is 0 Å². The van der Waals surface area contributed by atoms with Crippen molar-refractivity contribution in [1.29, 1.82) is 0 Å². The third-order valence-electron chi connectivity index (χ3n) is 3.90. The molecule has 0 radical (unpaired) electrons. The molecule has 0 saturated carbocycles. The molecular formula is C21H22N4OS. The van der Waals surface area contributed by atoms with Crippen molar-refractivity contribution in [2.45, 2.75) is 13.8 Å². The molecule has 0 spiro atoms. The minimum absolute atomic E-state index is 0.565. The molecule has 2 aromatic heterocycles. The van der Waals surface area contributed by atoms with Crippen molar-refractivity contribution in [3.63, 3.8) is 0 Å². The number of ether oxygens (including phenoxy) is 1. The zero-order valence-electron chi connectivity index (χ0n) is 15.7. The van der Waals surface area contributed by atoms with E-state index in [0.29, 0.717) is 6.54 Å². The molecule has 0 fully saturated rings. The van der Waals surface area contributed by atoms with Crippen LogP contribution in [0.25, 0.3) is 11.3 Å². The van der Waals surface area contributed by atoms with E-state index in [2.05, 4.69) is 21.9 Å². The Morgan fingerprint density at radius 3 is 2.63 bits per heavy atom. The monoisotopic (exact) mass is 378 g/mol. The average Bonchev–Trinajstić information content (AvgIpc) is 3.09. The summed E-state index contributed by atoms with van der Waals surface area (Å²) in [6, 6.07) is 11.8. The van der Waals surface area contributed by atoms with Crippen LogP contribution in [0.4, 0.5) is 0 Å². The number of methoxy groups -OCH3 is 1. The normalized spacial score (nSPS) is 12.3. The van der Waals surface area contributed by atoms with Crippen molar-refractivity contribution < 1.29 is 4.74 Å². The molecule has 138 valence electrons. The molecule has 0 unspecified atom stereocenters. The van der Waals surface area contributed by atoms with Crippen LogP contribution in [-0.2, 0) is 0 Å². The molecule has 0 aliphatic carbocycles. The number of para-hydroxylation sites is 1. The molecule has 0 N–H and O–H groups in total. The average molecular weight is 379 g/mol. The summed E-state index contributed by atoms with van der Waals surface area (Å²) >= 11 is 1.55. The molecule has 27 heavy (non-hydrogen) atoms. The lowest BCUT2D eigenvalue weighted by Crippen LogP contribution is -2.15. The van der Waals surface area contributed by atoms with E-state index in [0.717, 1.165) is 38.7 Å². The van der Waals surface area contributed by atoms with Crippen LogP contribution in [0.3, 0.4) is 0 Å². The zero-order valence-corrected chi connectivity index (χ0v) is 16.5. The molecule has 0 saturated heterocycles. The Bertz CT molecular complexity index is 1030. The molecule has 0 aliphatic heterocycles. The molecule has 3 rings (SSSR count). The summed E-state index contributed by atoms with van der Waals surface area (Å²) in [6.07, 6.45) is 3.53. The highest BCUT2D eigenvalue weighted by Crippen LogP contribution is 2.30. The van der Waals surface area contributed by atoms with Crippen molar-refractivity contribution in [2.75, 3.05) is 13.7 Å². The largest absolute Gasteiger partial charge is 0.496 e. The van der Waals surface area contributed by atoms with Crippen LogP contribution in [0.2, 0.25) is 0 Å². The van der Waals surface area contributed by atoms with Crippen molar-refractivity contribution in [3.05, 3.63) is 76.7 Å². The highest BCUT2D eigenvalue weighted by atomic mass is 32.1. The topological polar surface area (TPSA) is 51.8 Å². The smallest absolute Gasteiger partial charge is 0.206 e. The zero-order chi connectivity index (χ0) is 19.2. The fourth-order valence-electron chi connectivity index (χ4n) is 2.55. The van der Waals surface area contributed by atoms with Crippen LogP contribution in [0.1, 0.15) is 19.4 Å². The van der Waals surface area contributed by atoms with E-state index in [1.54, 1.807) is 30.8 Å². The van der Waals surface area contributed by atoms with E-state index in [-0.39, 0.29) is 0 Å². The Balaban J connectivity index is 2.18. The molecule has 0 aliphatic rings. The predicted molar refractivity (Wildman–Crippen MR) is 111 cm³/mol. The van der Waals surface area contributed by atoms with E-state index in [4.69, 9.17) is 9.84 Å². The number of thiazole rings is 1. The first kappa shape index (κ1) is 18.8. The molecule has 6 heteroatoms. The Kier molecular flexibility index (Phi) is 5.98. The Hall–Kier alpha value is -2.99. The molecule has 3 aromatic rings. The maximum absolute atomic E-state index is 5.54. The Morgan fingerprint density at radius 1 is 1.19 bits per heavy atom. The lowest BCUT2D eigenvalue weighted by atomic mass is 10.1. The van der Waals surface area contributed by atoms with Gasteiger partial charge in [-0.05, 0) is 38.1 Å². The molecular weight excluding hydrogens is 356 g/mol. The van der Waals surface area contributed by atoms with Crippen molar-refractivity contribution >= 4 is 17.0 Å². The molecule has 0 bridgehead atoms. The third-order valence-corrected chi connectivity index (χ3v) is 4.75. The van der Waals surface area contributed by atoms with Gasteiger partial charge < -0.3 is 4.74 Å². The van der Waals surface area contributed by atoms with Crippen molar-refractivity contribution in [1.82, 2.24) is 9.66 Å². The standard InChI is InChI=1S/C21H22N4OS/c1-15(2)13-23-21-25(24-16(3)17-9-11-22-12-10-17)19(14-27-21)18-7-5-6-8-20(18)26-4/h5-12,14H,1,13H2,2-4H3. The Morgan fingerprint density at radius 2 is 1.93 bits per heavy atom. The molecule has 5 nitrogen and oxygen atoms in total. The van der Waals surface area contributed by atoms with Crippen LogP contribution >= 0.6 is 11.3 Å². The molecule has 0 atom stereocenters. The summed E-state index contributed by atoms with van der Waals surface area (Å²) in [5.74, 6) is 0.798. The summed E-state index contributed by atoms with van der Waals surface area (Å²) < 4.78 is 7.42. The van der Waals surface area contributed by atoms with Gasteiger partial charge in [-0.3, -0.25) is 9.98 Å². The van der Waals surface area contributed by atoms with E-state index in [1.165, 1.54) is 0 Å². The quantitative estimate of drug-likeness (QED) is 0.472. The van der Waals surface area contributed by atoms with Crippen LogP contribution in [0.5, 0.6) is 5.75 Å². The van der Waals surface area contributed by atoms with Gasteiger partial charge in [0, 0.05) is 28.9 Å². The molecule has 0 amide bonds. The summed E-state index contributed by atoms with van der Waals surface area (Å²) in [4.78, 5) is 9.56. The Labute approximate surface area is 163 Å². The van der Waals surface area contributed by atoms with Gasteiger partial charge in [-0.25, -0.2) is 4.68 Å². The van der Waals surface area contributed by atoms with Gasteiger partial charge in [0.2, 0.25) is 4.80 Å². The van der Waals surface area contributed by atoms with Gasteiger partial charge in [-0.15, -0.1) is 11.3 Å². The fraction of sp³-hybridized carbons (Fsp3) is 0.190. The van der Waals surface area contributed by atoms with Crippen LogP contribution in [-0.4, -0.2) is 29.0 Å². The van der Waals surface area contributed by atoms with Gasteiger partial charge in [0.15, 0.2) is 0 Å². The predicted octanol–water partition coefficient (Wildman–Crippen LogP) is 4.37. The van der Waals surface area contributed by atoms with Gasteiger partial charge in [0.05, 0.1) is 25.1 Å². The maximum atomic E-state index is 5.54. The van der Waals surface area contributed by atoms with Gasteiger partial charge in [-0.2, -0.15) is 5.10 Å². The number of benzene rings is 1. The third kappa shape index (κ3) is 4.41. The number of nitrogens with zero attached hydrogens (tertiary/aromatic N) is 4. The summed E-state index contributed by atoms with van der Waals surface area (Å²) in [7, 11) is 1.67. The van der Waals surface area contributed by atoms with Gasteiger partial charge in [-0.1, -0.05) is 24.3 Å². The van der Waals surface area contributed by atoms with Crippen LogP contribution in [0, 0.1) is 0 Å². The minimum Gasteiger partial charge on any atom is -0.496 e. The number of aromatic nitrogens is 2.